The van der Waals surface area contributed by atoms with Crippen LogP contribution in [0.15, 0.2) is 85.1 Å². The van der Waals surface area contributed by atoms with Crippen molar-refractivity contribution in [2.45, 2.75) is 403 Å². The van der Waals surface area contributed by atoms with Crippen molar-refractivity contribution in [1.29, 1.82) is 0 Å². The predicted molar refractivity (Wildman–Crippen MR) is 382 cm³/mol. The maximum absolute atomic E-state index is 13.2. The van der Waals surface area contributed by atoms with Crippen molar-refractivity contribution in [2.24, 2.45) is 0 Å². The molecule has 0 aliphatic carbocycles. The number of carbonyl (C=O) groups is 1. The minimum absolute atomic E-state index is 0.171. The van der Waals surface area contributed by atoms with Crippen LogP contribution in [0.2, 0.25) is 0 Å². The molecule has 1 aliphatic rings. The molecule has 7 atom stereocenters. The molecule has 1 amide bonds. The van der Waals surface area contributed by atoms with Gasteiger partial charge in [-0.25, -0.2) is 0 Å². The lowest BCUT2D eigenvalue weighted by Gasteiger charge is -2.40. The fourth-order valence-electron chi connectivity index (χ4n) is 12.0. The highest BCUT2D eigenvalue weighted by molar-refractivity contribution is 5.76. The smallest absolute Gasteiger partial charge is 0.220 e. The first-order valence-corrected chi connectivity index (χ1v) is 38.3. The minimum Gasteiger partial charge on any atom is -0.394 e. The van der Waals surface area contributed by atoms with Crippen molar-refractivity contribution < 1.29 is 39.8 Å². The summed E-state index contributed by atoms with van der Waals surface area (Å²) in [6.07, 6.45) is 91.4. The zero-order chi connectivity index (χ0) is 64.2. The van der Waals surface area contributed by atoms with E-state index in [0.717, 1.165) is 77.0 Å². The van der Waals surface area contributed by atoms with Crippen LogP contribution in [-0.4, -0.2) is 87.5 Å². The highest BCUT2D eigenvalue weighted by Gasteiger charge is 2.44. The largest absolute Gasteiger partial charge is 0.394 e. The van der Waals surface area contributed by atoms with Gasteiger partial charge in [0.2, 0.25) is 5.91 Å². The van der Waals surface area contributed by atoms with E-state index in [4.69, 9.17) is 9.47 Å². The van der Waals surface area contributed by atoms with Gasteiger partial charge in [-0.2, -0.15) is 0 Å². The third-order valence-corrected chi connectivity index (χ3v) is 18.0. The number of aliphatic hydroxyl groups excluding tert-OH is 5. The van der Waals surface area contributed by atoms with Gasteiger partial charge in [-0.3, -0.25) is 4.79 Å². The molecule has 518 valence electrons. The van der Waals surface area contributed by atoms with Crippen LogP contribution in [-0.2, 0) is 14.3 Å². The highest BCUT2D eigenvalue weighted by Crippen LogP contribution is 2.24. The first-order valence-electron chi connectivity index (χ1n) is 38.3. The normalized spacial score (nSPS) is 18.3. The Morgan fingerprint density at radius 1 is 0.393 bits per heavy atom. The van der Waals surface area contributed by atoms with Crippen molar-refractivity contribution in [2.75, 3.05) is 13.2 Å². The summed E-state index contributed by atoms with van der Waals surface area (Å²) in [6.45, 7) is 3.71. The average Bonchev–Trinajstić information content (AvgIpc) is 2.59. The fourth-order valence-corrected chi connectivity index (χ4v) is 12.0. The van der Waals surface area contributed by atoms with Gasteiger partial charge >= 0.3 is 0 Å². The van der Waals surface area contributed by atoms with Crippen LogP contribution >= 0.6 is 0 Å². The molecular weight excluding hydrogens is 1100 g/mol. The molecule has 6 N–H and O–H groups in total. The molecule has 0 bridgehead atoms. The lowest BCUT2D eigenvalue weighted by molar-refractivity contribution is -0.302. The van der Waals surface area contributed by atoms with E-state index < -0.39 is 49.5 Å². The van der Waals surface area contributed by atoms with Crippen LogP contribution in [0, 0.1) is 0 Å². The summed E-state index contributed by atoms with van der Waals surface area (Å²) < 4.78 is 11.3. The molecule has 0 spiro atoms. The van der Waals surface area contributed by atoms with Gasteiger partial charge in [-0.1, -0.05) is 369 Å². The topological polar surface area (TPSA) is 149 Å². The Bertz CT molecular complexity index is 1690. The number of hydrogen-bond donors (Lipinski definition) is 6. The molecule has 0 aromatic rings. The van der Waals surface area contributed by atoms with Crippen LogP contribution in [0.3, 0.4) is 0 Å². The van der Waals surface area contributed by atoms with Gasteiger partial charge in [0.25, 0.3) is 0 Å². The van der Waals surface area contributed by atoms with Gasteiger partial charge in [0.05, 0.1) is 25.4 Å². The second-order valence-electron chi connectivity index (χ2n) is 26.4. The summed E-state index contributed by atoms with van der Waals surface area (Å²) in [6, 6.07) is -0.808. The molecule has 7 unspecified atom stereocenters. The Morgan fingerprint density at radius 2 is 0.697 bits per heavy atom. The summed E-state index contributed by atoms with van der Waals surface area (Å²) in [5.41, 5.74) is 0. The number of carbonyl (C=O) groups excluding carboxylic acids is 1. The van der Waals surface area contributed by atoms with Crippen LogP contribution in [0.5, 0.6) is 0 Å². The predicted octanol–water partition coefficient (Wildman–Crippen LogP) is 21.6. The molecule has 1 fully saturated rings. The van der Waals surface area contributed by atoms with Gasteiger partial charge in [0.15, 0.2) is 6.29 Å². The summed E-state index contributed by atoms with van der Waals surface area (Å²) in [7, 11) is 0. The molecule has 0 aromatic carbocycles. The van der Waals surface area contributed by atoms with Crippen LogP contribution in [0.4, 0.5) is 0 Å². The minimum atomic E-state index is -1.57. The molecule has 0 saturated carbocycles. The van der Waals surface area contributed by atoms with E-state index in [1.54, 1.807) is 6.08 Å². The molecule has 1 rings (SSSR count). The van der Waals surface area contributed by atoms with E-state index in [1.165, 1.54) is 263 Å². The van der Waals surface area contributed by atoms with E-state index >= 15 is 0 Å². The van der Waals surface area contributed by atoms with Crippen molar-refractivity contribution in [1.82, 2.24) is 5.32 Å². The first-order chi connectivity index (χ1) is 43.8. The second kappa shape index (κ2) is 68.2. The molecule has 0 radical (unpaired) electrons. The maximum Gasteiger partial charge on any atom is 0.220 e. The fraction of sp³-hybridized carbons (Fsp3) is 0.812. The van der Waals surface area contributed by atoms with E-state index in [2.05, 4.69) is 92.1 Å². The van der Waals surface area contributed by atoms with Crippen molar-refractivity contribution >= 4 is 5.91 Å². The van der Waals surface area contributed by atoms with Crippen molar-refractivity contribution in [3.63, 3.8) is 0 Å². The molecule has 1 saturated heterocycles. The third-order valence-electron chi connectivity index (χ3n) is 18.0. The zero-order valence-electron chi connectivity index (χ0n) is 58.2. The van der Waals surface area contributed by atoms with E-state index in [-0.39, 0.29) is 12.5 Å². The Balaban J connectivity index is 2.06. The first kappa shape index (κ1) is 84.4. The van der Waals surface area contributed by atoms with Crippen LogP contribution in [0.1, 0.15) is 361 Å². The van der Waals surface area contributed by atoms with Gasteiger partial charge in [0, 0.05) is 6.42 Å². The summed E-state index contributed by atoms with van der Waals surface area (Å²) in [4.78, 5) is 13.2. The van der Waals surface area contributed by atoms with Crippen molar-refractivity contribution in [3.8, 4) is 0 Å². The van der Waals surface area contributed by atoms with Crippen molar-refractivity contribution in [3.05, 3.63) is 85.1 Å². The maximum atomic E-state index is 13.2. The van der Waals surface area contributed by atoms with E-state index in [9.17, 15) is 30.3 Å². The molecule has 9 heteroatoms. The number of unbranched alkanes of at least 4 members (excludes halogenated alkanes) is 45. The number of hydrogen-bond acceptors (Lipinski definition) is 8. The monoisotopic (exact) mass is 1250 g/mol. The molecule has 1 aliphatic heterocycles. The molecule has 89 heavy (non-hydrogen) atoms. The highest BCUT2D eigenvalue weighted by atomic mass is 16.7. The third kappa shape index (κ3) is 56.6. The van der Waals surface area contributed by atoms with E-state index in [0.29, 0.717) is 6.42 Å². The summed E-state index contributed by atoms with van der Waals surface area (Å²) in [5, 5.41) is 54.9. The van der Waals surface area contributed by atoms with Gasteiger partial charge in [-0.15, -0.1) is 0 Å². The van der Waals surface area contributed by atoms with Crippen LogP contribution < -0.4 is 5.32 Å². The summed E-state index contributed by atoms with van der Waals surface area (Å²) >= 11 is 0. The molecular formula is C80H145NO8. The van der Waals surface area contributed by atoms with Gasteiger partial charge < -0.3 is 40.3 Å². The SMILES string of the molecule is CC/C=C\C/C=C\C/C=C\C/C=C\C/C=C\C/C=C\CCCCCCCCCCCCCCCCCCCCCCCCC(=O)NC(COC1OC(CO)C(O)C(O)C1O)C(O)/C=C/CCCCCCCCCCCCCCCCCCCCCCCCC. The Labute approximate surface area is 550 Å². The average molecular weight is 1250 g/mol. The van der Waals surface area contributed by atoms with Gasteiger partial charge in [-0.05, 0) is 70.6 Å². The Kier molecular flexibility index (Phi) is 64.7. The number of allylic oxidation sites excluding steroid dienone is 13. The summed E-state index contributed by atoms with van der Waals surface area (Å²) in [5.74, 6) is -0.171. The Hall–Kier alpha value is -2.63. The number of aliphatic hydroxyl groups is 5. The lowest BCUT2D eigenvalue weighted by Crippen LogP contribution is -2.60. The second-order valence-corrected chi connectivity index (χ2v) is 26.4. The zero-order valence-corrected chi connectivity index (χ0v) is 58.2. The molecule has 9 nitrogen and oxygen atoms in total. The number of amides is 1. The molecule has 1 heterocycles. The standard InChI is InChI=1S/C80H145NO8/c1-3-5-7-9-11-13-15-17-19-21-23-25-27-29-30-31-32-33-34-35-36-37-38-39-40-41-42-43-44-46-48-50-52-54-56-58-60-62-64-66-68-70-76(84)81-73(72-88-80-79(87)78(86)77(85)75(71-82)89-80)74(83)69-67-65-63-61-59-57-55-53-51-49-47-45-28-26-24-22-20-18-16-14-12-10-8-6-4-2/h5,7,11,13,17,19,23,25,29-30,32-33,67,69,73-75,77-80,82-83,85-87H,3-4,6,8-10,12,14-16,18,20-22,24,26-28,31,34-66,68,70-72H2,1-2H3,(H,81,84)/b7-5-,13-11-,19-17-,25-23-,30-29-,33-32-,69-67+. The lowest BCUT2D eigenvalue weighted by atomic mass is 9.99. The van der Waals surface area contributed by atoms with E-state index in [1.807, 2.05) is 6.08 Å². The number of rotatable bonds is 67. The quantitative estimate of drug-likeness (QED) is 0.0261. The Morgan fingerprint density at radius 3 is 1.03 bits per heavy atom. The number of ether oxygens (including phenoxy) is 2. The van der Waals surface area contributed by atoms with Gasteiger partial charge in [0.1, 0.15) is 24.4 Å². The molecule has 0 aromatic heterocycles. The number of nitrogens with one attached hydrogen (secondary N) is 1. The van der Waals surface area contributed by atoms with Crippen LogP contribution in [0.25, 0.3) is 0 Å².